The SMILES string of the molecule is CN=C(NC1C2CCOC2C12CCC2)N1CCN(CC(=O)N2CC(C)CC(C)C2)CC1. The van der Waals surface area contributed by atoms with Crippen molar-refractivity contribution in [3.8, 4) is 0 Å². The quantitative estimate of drug-likeness (QED) is 0.544. The van der Waals surface area contributed by atoms with E-state index in [2.05, 4.69) is 38.9 Å². The van der Waals surface area contributed by atoms with E-state index in [9.17, 15) is 4.79 Å². The lowest BCUT2D eigenvalue weighted by molar-refractivity contribution is -0.171. The molecule has 3 saturated heterocycles. The maximum atomic E-state index is 12.9. The molecule has 3 heterocycles. The molecule has 0 aromatic rings. The highest BCUT2D eigenvalue weighted by atomic mass is 16.5. The highest BCUT2D eigenvalue weighted by Gasteiger charge is 2.66. The fraction of sp³-hybridized carbons (Fsp3) is 0.917. The van der Waals surface area contributed by atoms with Crippen LogP contribution >= 0.6 is 0 Å². The van der Waals surface area contributed by atoms with Crippen LogP contribution in [0.1, 0.15) is 46.0 Å². The fourth-order valence-corrected chi connectivity index (χ4v) is 7.17. The van der Waals surface area contributed by atoms with Gasteiger partial charge in [-0.15, -0.1) is 0 Å². The van der Waals surface area contributed by atoms with Gasteiger partial charge in [0, 0.05) is 70.3 Å². The van der Waals surface area contributed by atoms with Crippen LogP contribution in [0.25, 0.3) is 0 Å². The average molecular weight is 432 g/mol. The largest absolute Gasteiger partial charge is 0.377 e. The summed E-state index contributed by atoms with van der Waals surface area (Å²) in [4.78, 5) is 24.3. The first kappa shape index (κ1) is 21.5. The Morgan fingerprint density at radius 1 is 1.10 bits per heavy atom. The molecule has 0 bridgehead atoms. The summed E-state index contributed by atoms with van der Waals surface area (Å²) in [6.45, 7) is 11.6. The molecule has 5 atom stereocenters. The molecular weight excluding hydrogens is 390 g/mol. The molecule has 3 aliphatic heterocycles. The number of aliphatic imine (C=N–C) groups is 1. The maximum Gasteiger partial charge on any atom is 0.236 e. The van der Waals surface area contributed by atoms with E-state index in [1.807, 2.05) is 7.05 Å². The second kappa shape index (κ2) is 8.54. The van der Waals surface area contributed by atoms with Crippen molar-refractivity contribution in [1.29, 1.82) is 0 Å². The van der Waals surface area contributed by atoms with Gasteiger partial charge >= 0.3 is 0 Å². The summed E-state index contributed by atoms with van der Waals surface area (Å²) in [6, 6.07) is 0.523. The van der Waals surface area contributed by atoms with E-state index in [1.165, 1.54) is 32.1 Å². The first-order valence-corrected chi connectivity index (χ1v) is 12.6. The van der Waals surface area contributed by atoms with E-state index in [-0.39, 0.29) is 0 Å². The van der Waals surface area contributed by atoms with E-state index in [4.69, 9.17) is 4.74 Å². The number of carbonyl (C=O) groups is 1. The molecule has 1 amide bonds. The normalized spacial score (nSPS) is 37.9. The smallest absolute Gasteiger partial charge is 0.236 e. The minimum absolute atomic E-state index is 0.308. The molecule has 1 spiro atoms. The van der Waals surface area contributed by atoms with Gasteiger partial charge < -0.3 is 19.9 Å². The van der Waals surface area contributed by atoms with Crippen molar-refractivity contribution in [3.63, 3.8) is 0 Å². The molecule has 31 heavy (non-hydrogen) atoms. The number of piperidine rings is 1. The zero-order chi connectivity index (χ0) is 21.6. The van der Waals surface area contributed by atoms with Crippen LogP contribution in [0, 0.1) is 23.2 Å². The van der Waals surface area contributed by atoms with E-state index in [1.54, 1.807) is 0 Å². The summed E-state index contributed by atoms with van der Waals surface area (Å²) in [7, 11) is 1.91. The molecule has 5 unspecified atom stereocenters. The predicted octanol–water partition coefficient (Wildman–Crippen LogP) is 1.64. The van der Waals surface area contributed by atoms with Crippen molar-refractivity contribution in [3.05, 3.63) is 0 Å². The van der Waals surface area contributed by atoms with Gasteiger partial charge in [-0.05, 0) is 37.5 Å². The molecule has 7 nitrogen and oxygen atoms in total. The summed E-state index contributed by atoms with van der Waals surface area (Å²) in [5.74, 6) is 3.25. The number of nitrogens with one attached hydrogen (secondary N) is 1. The van der Waals surface area contributed by atoms with Gasteiger partial charge in [-0.25, -0.2) is 0 Å². The molecule has 2 aliphatic carbocycles. The topological polar surface area (TPSA) is 60.4 Å². The predicted molar refractivity (Wildman–Crippen MR) is 122 cm³/mol. The Kier molecular flexibility index (Phi) is 5.93. The summed E-state index contributed by atoms with van der Waals surface area (Å²) in [6.07, 6.45) is 6.85. The van der Waals surface area contributed by atoms with Crippen molar-refractivity contribution in [2.75, 3.05) is 59.5 Å². The number of nitrogens with zero attached hydrogens (tertiary/aromatic N) is 4. The van der Waals surface area contributed by atoms with Gasteiger partial charge in [0.25, 0.3) is 0 Å². The number of ether oxygens (including phenoxy) is 1. The molecule has 5 fully saturated rings. The number of guanidine groups is 1. The molecule has 1 N–H and O–H groups in total. The number of piperazine rings is 1. The third-order valence-electron chi connectivity index (χ3n) is 8.78. The minimum atomic E-state index is 0.308. The van der Waals surface area contributed by atoms with Gasteiger partial charge in [-0.1, -0.05) is 20.3 Å². The average Bonchev–Trinajstić information content (AvgIpc) is 3.12. The number of hydrogen-bond acceptors (Lipinski definition) is 4. The third-order valence-corrected chi connectivity index (χ3v) is 8.78. The third kappa shape index (κ3) is 3.86. The second-order valence-corrected chi connectivity index (χ2v) is 11.0. The van der Waals surface area contributed by atoms with Crippen LogP contribution in [0.2, 0.25) is 0 Å². The van der Waals surface area contributed by atoms with E-state index in [0.29, 0.717) is 47.8 Å². The molecule has 5 aliphatic rings. The molecule has 5 rings (SSSR count). The van der Waals surface area contributed by atoms with E-state index in [0.717, 1.165) is 51.8 Å². The number of likely N-dealkylation sites (tertiary alicyclic amines) is 1. The van der Waals surface area contributed by atoms with Crippen LogP contribution in [0.4, 0.5) is 0 Å². The molecule has 7 heteroatoms. The number of fused-ring (bicyclic) bond motifs is 2. The van der Waals surface area contributed by atoms with Gasteiger partial charge in [0.05, 0.1) is 12.6 Å². The van der Waals surface area contributed by atoms with Gasteiger partial charge in [-0.3, -0.25) is 14.7 Å². The Morgan fingerprint density at radius 2 is 1.81 bits per heavy atom. The van der Waals surface area contributed by atoms with Gasteiger partial charge in [0.2, 0.25) is 5.91 Å². The lowest BCUT2D eigenvalue weighted by Crippen LogP contribution is -2.73. The molecule has 174 valence electrons. The summed E-state index contributed by atoms with van der Waals surface area (Å²) < 4.78 is 6.08. The van der Waals surface area contributed by atoms with Crippen molar-refractivity contribution in [2.45, 2.75) is 58.1 Å². The van der Waals surface area contributed by atoms with Crippen LogP contribution in [0.5, 0.6) is 0 Å². The van der Waals surface area contributed by atoms with Gasteiger partial charge in [0.15, 0.2) is 5.96 Å². The Morgan fingerprint density at radius 3 is 2.42 bits per heavy atom. The van der Waals surface area contributed by atoms with Crippen LogP contribution in [-0.4, -0.2) is 98.2 Å². The maximum absolute atomic E-state index is 12.9. The first-order valence-electron chi connectivity index (χ1n) is 12.6. The van der Waals surface area contributed by atoms with Crippen molar-refractivity contribution in [2.24, 2.45) is 28.2 Å². The van der Waals surface area contributed by atoms with Crippen LogP contribution < -0.4 is 5.32 Å². The highest BCUT2D eigenvalue weighted by molar-refractivity contribution is 5.81. The minimum Gasteiger partial charge on any atom is -0.377 e. The van der Waals surface area contributed by atoms with E-state index < -0.39 is 0 Å². The number of amides is 1. The number of rotatable bonds is 3. The second-order valence-electron chi connectivity index (χ2n) is 11.0. The molecule has 0 radical (unpaired) electrons. The molecular formula is C24H41N5O2. The highest BCUT2D eigenvalue weighted by Crippen LogP contribution is 2.62. The zero-order valence-corrected chi connectivity index (χ0v) is 19.7. The Bertz CT molecular complexity index is 690. The van der Waals surface area contributed by atoms with Gasteiger partial charge in [-0.2, -0.15) is 0 Å². The van der Waals surface area contributed by atoms with Crippen molar-refractivity contribution in [1.82, 2.24) is 20.0 Å². The van der Waals surface area contributed by atoms with Gasteiger partial charge in [0.1, 0.15) is 0 Å². The zero-order valence-electron chi connectivity index (χ0n) is 19.7. The lowest BCUT2D eigenvalue weighted by Gasteiger charge is -2.63. The number of carbonyl (C=O) groups excluding carboxylic acids is 1. The first-order chi connectivity index (χ1) is 15.0. The van der Waals surface area contributed by atoms with Crippen molar-refractivity contribution < 1.29 is 9.53 Å². The number of hydrogen-bond donors (Lipinski definition) is 1. The lowest BCUT2D eigenvalue weighted by atomic mass is 9.46. The Hall–Kier alpha value is -1.34. The summed E-state index contributed by atoms with van der Waals surface area (Å²) >= 11 is 0. The molecule has 0 aromatic carbocycles. The molecule has 0 aromatic heterocycles. The Balaban J connectivity index is 1.12. The van der Waals surface area contributed by atoms with E-state index >= 15 is 0 Å². The summed E-state index contributed by atoms with van der Waals surface area (Å²) in [5, 5.41) is 3.86. The van der Waals surface area contributed by atoms with Crippen molar-refractivity contribution >= 4 is 11.9 Å². The summed E-state index contributed by atoms with van der Waals surface area (Å²) in [5.41, 5.74) is 0.369. The fourth-order valence-electron chi connectivity index (χ4n) is 7.17. The van der Waals surface area contributed by atoms with Crippen LogP contribution in [0.15, 0.2) is 4.99 Å². The monoisotopic (exact) mass is 431 g/mol. The van der Waals surface area contributed by atoms with Crippen LogP contribution in [-0.2, 0) is 9.53 Å². The van der Waals surface area contributed by atoms with Crippen LogP contribution in [0.3, 0.4) is 0 Å². The molecule has 2 saturated carbocycles. The standard InChI is InChI=1S/C24H41N5O2/c1-17-13-18(2)15-29(14-17)20(30)16-27-8-10-28(11-9-27)23(25-3)26-21-19-5-12-31-22(19)24(21)6-4-7-24/h17-19,21-22H,4-16H2,1-3H3,(H,25,26). The Labute approximate surface area is 187 Å².